The smallest absolute Gasteiger partial charge is 0.108 e. The van der Waals surface area contributed by atoms with Gasteiger partial charge in [-0.3, -0.25) is 0 Å². The van der Waals surface area contributed by atoms with E-state index in [0.29, 0.717) is 0 Å². The molecular formula is C5H12O4. The molecule has 0 spiro atoms. The van der Waals surface area contributed by atoms with E-state index in [0.717, 1.165) is 0 Å². The van der Waals surface area contributed by atoms with Crippen LogP contribution in [0.4, 0.5) is 0 Å². The van der Waals surface area contributed by atoms with E-state index in [1.165, 1.54) is 7.11 Å². The van der Waals surface area contributed by atoms with Crippen LogP contribution < -0.4 is 0 Å². The van der Waals surface area contributed by atoms with Crippen LogP contribution in [0.2, 0.25) is 0 Å². The highest BCUT2D eigenvalue weighted by Gasteiger charge is 2.15. The summed E-state index contributed by atoms with van der Waals surface area (Å²) in [7, 11) is 1.36. The first-order chi connectivity index (χ1) is 4.26. The summed E-state index contributed by atoms with van der Waals surface area (Å²) in [5.41, 5.74) is 0. The van der Waals surface area contributed by atoms with E-state index in [1.807, 2.05) is 0 Å². The lowest BCUT2D eigenvalue weighted by Crippen LogP contribution is -2.33. The fourth-order valence-corrected chi connectivity index (χ4v) is 0.471. The zero-order valence-corrected chi connectivity index (χ0v) is 5.32. The first-order valence-electron chi connectivity index (χ1n) is 2.68. The Morgan fingerprint density at radius 3 is 2.00 bits per heavy atom. The quantitative estimate of drug-likeness (QED) is 0.433. The molecule has 0 amide bonds. The lowest BCUT2D eigenvalue weighted by molar-refractivity contribution is -0.0607. The first kappa shape index (κ1) is 8.84. The maximum absolute atomic E-state index is 8.78. The molecule has 4 nitrogen and oxygen atoms in total. The third-order valence-electron chi connectivity index (χ3n) is 1.10. The van der Waals surface area contributed by atoms with Gasteiger partial charge in [-0.15, -0.1) is 0 Å². The van der Waals surface area contributed by atoms with E-state index < -0.39 is 12.2 Å². The van der Waals surface area contributed by atoms with Crippen LogP contribution in [0.15, 0.2) is 0 Å². The van der Waals surface area contributed by atoms with Gasteiger partial charge in [0.2, 0.25) is 0 Å². The highest BCUT2D eigenvalue weighted by molar-refractivity contribution is 4.65. The fourth-order valence-electron chi connectivity index (χ4n) is 0.471. The van der Waals surface area contributed by atoms with Gasteiger partial charge in [-0.1, -0.05) is 0 Å². The summed E-state index contributed by atoms with van der Waals surface area (Å²) >= 11 is 0. The molecule has 0 aliphatic heterocycles. The van der Waals surface area contributed by atoms with Gasteiger partial charge in [0.05, 0.1) is 13.2 Å². The van der Waals surface area contributed by atoms with Crippen LogP contribution in [0.25, 0.3) is 0 Å². The molecule has 2 atom stereocenters. The van der Waals surface area contributed by atoms with Crippen LogP contribution in [0.1, 0.15) is 0 Å². The standard InChI is InChI=1S/C5H12O4/c1-9-5(3-7)4(8)2-6/h4-8H,2-3H2,1H3/t4-,5+/m0/s1. The molecule has 0 aromatic heterocycles. The number of aliphatic hydroxyl groups excluding tert-OH is 3. The van der Waals surface area contributed by atoms with Gasteiger partial charge in [-0.2, -0.15) is 0 Å². The van der Waals surface area contributed by atoms with Crippen molar-refractivity contribution < 1.29 is 20.1 Å². The molecule has 56 valence electrons. The van der Waals surface area contributed by atoms with Crippen LogP contribution in [0.3, 0.4) is 0 Å². The van der Waals surface area contributed by atoms with Crippen molar-refractivity contribution in [1.29, 1.82) is 0 Å². The van der Waals surface area contributed by atoms with Crippen LogP contribution in [-0.2, 0) is 4.74 Å². The van der Waals surface area contributed by atoms with Crippen molar-refractivity contribution in [2.75, 3.05) is 20.3 Å². The number of aliphatic hydroxyl groups is 3. The Balaban J connectivity index is 3.50. The van der Waals surface area contributed by atoms with Gasteiger partial charge >= 0.3 is 0 Å². The van der Waals surface area contributed by atoms with Gasteiger partial charge in [-0.05, 0) is 0 Å². The minimum absolute atomic E-state index is 0.280. The van der Waals surface area contributed by atoms with Crippen LogP contribution in [-0.4, -0.2) is 47.9 Å². The van der Waals surface area contributed by atoms with Crippen LogP contribution in [0.5, 0.6) is 0 Å². The van der Waals surface area contributed by atoms with Gasteiger partial charge in [0.1, 0.15) is 12.2 Å². The van der Waals surface area contributed by atoms with Crippen molar-refractivity contribution in [1.82, 2.24) is 0 Å². The molecule has 0 aliphatic rings. The predicted molar refractivity (Wildman–Crippen MR) is 31.0 cm³/mol. The summed E-state index contributed by atoms with van der Waals surface area (Å²) in [6.07, 6.45) is -1.66. The van der Waals surface area contributed by atoms with E-state index in [9.17, 15) is 0 Å². The molecule has 0 saturated heterocycles. The molecule has 0 radical (unpaired) electrons. The Morgan fingerprint density at radius 2 is 1.89 bits per heavy atom. The Morgan fingerprint density at radius 1 is 1.33 bits per heavy atom. The van der Waals surface area contributed by atoms with Crippen molar-refractivity contribution in [3.8, 4) is 0 Å². The number of ether oxygens (including phenoxy) is 1. The molecule has 0 aliphatic carbocycles. The van der Waals surface area contributed by atoms with Gasteiger partial charge < -0.3 is 20.1 Å². The average Bonchev–Trinajstić information content (AvgIpc) is 1.90. The maximum Gasteiger partial charge on any atom is 0.108 e. The minimum Gasteiger partial charge on any atom is -0.394 e. The summed E-state index contributed by atoms with van der Waals surface area (Å²) in [4.78, 5) is 0. The molecular weight excluding hydrogens is 124 g/mol. The maximum atomic E-state index is 8.78. The van der Waals surface area contributed by atoms with E-state index in [2.05, 4.69) is 4.74 Å². The SMILES string of the molecule is CO[C@H](CO)[C@@H](O)CO. The van der Waals surface area contributed by atoms with Crippen molar-refractivity contribution in [2.45, 2.75) is 12.2 Å². The number of rotatable bonds is 4. The summed E-state index contributed by atoms with van der Waals surface area (Å²) in [6.45, 7) is -0.669. The molecule has 0 saturated carbocycles. The Kier molecular flexibility index (Phi) is 4.61. The molecule has 4 heteroatoms. The summed E-state index contributed by atoms with van der Waals surface area (Å²) < 4.78 is 4.59. The molecule has 9 heavy (non-hydrogen) atoms. The van der Waals surface area contributed by atoms with Crippen LogP contribution >= 0.6 is 0 Å². The average molecular weight is 136 g/mol. The largest absolute Gasteiger partial charge is 0.394 e. The molecule has 0 bridgehead atoms. The Labute approximate surface area is 53.7 Å². The van der Waals surface area contributed by atoms with Crippen molar-refractivity contribution >= 4 is 0 Å². The van der Waals surface area contributed by atoms with Crippen LogP contribution in [0, 0.1) is 0 Å². The first-order valence-corrected chi connectivity index (χ1v) is 2.68. The minimum atomic E-state index is -0.986. The monoisotopic (exact) mass is 136 g/mol. The Hall–Kier alpha value is -0.160. The van der Waals surface area contributed by atoms with E-state index in [1.54, 1.807) is 0 Å². The van der Waals surface area contributed by atoms with Gasteiger partial charge in [-0.25, -0.2) is 0 Å². The second kappa shape index (κ2) is 4.69. The normalized spacial score (nSPS) is 17.3. The molecule has 0 unspecified atom stereocenters. The molecule has 3 N–H and O–H groups in total. The number of methoxy groups -OCH3 is 1. The second-order valence-electron chi connectivity index (χ2n) is 1.71. The molecule has 0 aromatic carbocycles. The topological polar surface area (TPSA) is 69.9 Å². The second-order valence-corrected chi connectivity index (χ2v) is 1.71. The zero-order chi connectivity index (χ0) is 7.28. The summed E-state index contributed by atoms with van der Waals surface area (Å²) in [5.74, 6) is 0. The van der Waals surface area contributed by atoms with E-state index in [-0.39, 0.29) is 13.2 Å². The summed E-state index contributed by atoms with van der Waals surface area (Å²) in [6, 6.07) is 0. The third kappa shape index (κ3) is 2.76. The highest BCUT2D eigenvalue weighted by atomic mass is 16.5. The molecule has 0 heterocycles. The lowest BCUT2D eigenvalue weighted by Gasteiger charge is -2.16. The van der Waals surface area contributed by atoms with Crippen molar-refractivity contribution in [3.63, 3.8) is 0 Å². The van der Waals surface area contributed by atoms with E-state index >= 15 is 0 Å². The Bertz CT molecular complexity index is 62.0. The number of hydrogen-bond acceptors (Lipinski definition) is 4. The van der Waals surface area contributed by atoms with E-state index in [4.69, 9.17) is 15.3 Å². The van der Waals surface area contributed by atoms with Gasteiger partial charge in [0, 0.05) is 7.11 Å². The molecule has 0 fully saturated rings. The number of hydrogen-bond donors (Lipinski definition) is 3. The van der Waals surface area contributed by atoms with Crippen molar-refractivity contribution in [2.24, 2.45) is 0 Å². The fraction of sp³-hybridized carbons (Fsp3) is 1.00. The molecule has 0 aromatic rings. The third-order valence-corrected chi connectivity index (χ3v) is 1.10. The predicted octanol–water partition coefficient (Wildman–Crippen LogP) is -1.65. The highest BCUT2D eigenvalue weighted by Crippen LogP contribution is 1.94. The van der Waals surface area contributed by atoms with Gasteiger partial charge in [0.15, 0.2) is 0 Å². The van der Waals surface area contributed by atoms with Gasteiger partial charge in [0.25, 0.3) is 0 Å². The van der Waals surface area contributed by atoms with Crippen molar-refractivity contribution in [3.05, 3.63) is 0 Å². The zero-order valence-electron chi connectivity index (χ0n) is 5.32. The summed E-state index contributed by atoms with van der Waals surface area (Å²) in [5, 5.41) is 25.5. The lowest BCUT2D eigenvalue weighted by atomic mass is 10.2. The molecule has 0 rings (SSSR count).